The van der Waals surface area contributed by atoms with E-state index in [-0.39, 0.29) is 17.7 Å². The van der Waals surface area contributed by atoms with Gasteiger partial charge in [-0.05, 0) is 59.9 Å². The SMILES string of the molecule is CCC1CCC(c2ccc(-c3cc(F)c(C(F)(F)Oc4cc(F)c(F)c(F)c4)c(F)c3)cc2)C1. The molecule has 34 heavy (non-hydrogen) atoms. The normalized spacial score (nSPS) is 18.4. The molecule has 0 radical (unpaired) electrons. The monoisotopic (exact) mass is 482 g/mol. The van der Waals surface area contributed by atoms with Crippen LogP contribution in [0.4, 0.5) is 30.7 Å². The number of halogens is 7. The average Bonchev–Trinajstić information content (AvgIpc) is 3.26. The number of hydrogen-bond acceptors (Lipinski definition) is 1. The second-order valence-corrected chi connectivity index (χ2v) is 8.54. The molecule has 3 aromatic rings. The summed E-state index contributed by atoms with van der Waals surface area (Å²) in [6, 6.07) is 8.89. The highest BCUT2D eigenvalue weighted by Gasteiger charge is 2.41. The summed E-state index contributed by atoms with van der Waals surface area (Å²) in [6.45, 7) is 2.16. The molecule has 0 N–H and O–H groups in total. The van der Waals surface area contributed by atoms with E-state index < -0.39 is 46.5 Å². The molecule has 180 valence electrons. The smallest absolute Gasteiger partial charge is 0.429 e. The summed E-state index contributed by atoms with van der Waals surface area (Å²) in [7, 11) is 0. The highest BCUT2D eigenvalue weighted by Crippen LogP contribution is 2.41. The van der Waals surface area contributed by atoms with Crippen LogP contribution in [-0.4, -0.2) is 0 Å². The van der Waals surface area contributed by atoms with Crippen molar-refractivity contribution in [3.8, 4) is 16.9 Å². The molecule has 4 rings (SSSR count). The number of benzene rings is 3. The van der Waals surface area contributed by atoms with E-state index in [9.17, 15) is 30.7 Å². The van der Waals surface area contributed by atoms with E-state index in [1.165, 1.54) is 0 Å². The number of ether oxygens (including phenoxy) is 1. The highest BCUT2D eigenvalue weighted by atomic mass is 19.3. The predicted molar refractivity (Wildman–Crippen MR) is 113 cm³/mol. The van der Waals surface area contributed by atoms with E-state index in [1.807, 2.05) is 12.1 Å². The lowest BCUT2D eigenvalue weighted by Gasteiger charge is -2.20. The van der Waals surface area contributed by atoms with Crippen LogP contribution >= 0.6 is 0 Å². The van der Waals surface area contributed by atoms with E-state index in [4.69, 9.17) is 0 Å². The van der Waals surface area contributed by atoms with Crippen molar-refractivity contribution in [2.24, 2.45) is 5.92 Å². The van der Waals surface area contributed by atoms with Crippen LogP contribution in [0.1, 0.15) is 49.7 Å². The maximum Gasteiger partial charge on any atom is 0.432 e. The van der Waals surface area contributed by atoms with Gasteiger partial charge in [-0.3, -0.25) is 0 Å². The fourth-order valence-corrected chi connectivity index (χ4v) is 4.50. The first-order valence-corrected chi connectivity index (χ1v) is 10.9. The van der Waals surface area contributed by atoms with E-state index in [0.717, 1.165) is 43.4 Å². The minimum absolute atomic E-state index is 0.0397. The third-order valence-electron chi connectivity index (χ3n) is 6.37. The van der Waals surface area contributed by atoms with Gasteiger partial charge in [-0.1, -0.05) is 37.6 Å². The van der Waals surface area contributed by atoms with E-state index in [0.29, 0.717) is 17.4 Å². The fraction of sp³-hybridized carbons (Fsp3) is 0.308. The number of hydrogen-bond donors (Lipinski definition) is 0. The van der Waals surface area contributed by atoms with Gasteiger partial charge in [-0.25, -0.2) is 22.0 Å². The van der Waals surface area contributed by atoms with Gasteiger partial charge >= 0.3 is 6.11 Å². The van der Waals surface area contributed by atoms with Gasteiger partial charge in [0.1, 0.15) is 22.9 Å². The molecule has 8 heteroatoms. The molecule has 0 saturated heterocycles. The van der Waals surface area contributed by atoms with Gasteiger partial charge in [0.15, 0.2) is 17.5 Å². The zero-order valence-electron chi connectivity index (χ0n) is 18.2. The van der Waals surface area contributed by atoms with Gasteiger partial charge in [0.2, 0.25) is 0 Å². The second-order valence-electron chi connectivity index (χ2n) is 8.54. The Morgan fingerprint density at radius 3 is 1.91 bits per heavy atom. The van der Waals surface area contributed by atoms with Crippen LogP contribution in [0.15, 0.2) is 48.5 Å². The molecule has 1 aliphatic carbocycles. The largest absolute Gasteiger partial charge is 0.432 e. The maximum absolute atomic E-state index is 14.6. The molecule has 0 aliphatic heterocycles. The average molecular weight is 482 g/mol. The summed E-state index contributed by atoms with van der Waals surface area (Å²) >= 11 is 0. The lowest BCUT2D eigenvalue weighted by molar-refractivity contribution is -0.189. The zero-order valence-corrected chi connectivity index (χ0v) is 18.2. The van der Waals surface area contributed by atoms with Crippen molar-refractivity contribution in [1.29, 1.82) is 0 Å². The molecular formula is C26H21F7O. The lowest BCUT2D eigenvalue weighted by atomic mass is 9.93. The summed E-state index contributed by atoms with van der Waals surface area (Å²) in [4.78, 5) is 0. The summed E-state index contributed by atoms with van der Waals surface area (Å²) in [5.74, 6) is -8.68. The standard InChI is InChI=1S/C26H21F7O/c1-2-14-3-4-17(9-14)15-5-7-16(8-6-15)18-10-20(27)24(21(28)11-18)26(32,33)34-19-12-22(29)25(31)23(30)13-19/h5-8,10-14,17H,2-4,9H2,1H3. The Kier molecular flexibility index (Phi) is 6.60. The van der Waals surface area contributed by atoms with Crippen LogP contribution in [0, 0.1) is 35.0 Å². The van der Waals surface area contributed by atoms with Crippen LogP contribution in [0.2, 0.25) is 0 Å². The molecule has 2 atom stereocenters. The van der Waals surface area contributed by atoms with Gasteiger partial charge in [-0.2, -0.15) is 8.78 Å². The first-order chi connectivity index (χ1) is 16.1. The van der Waals surface area contributed by atoms with Crippen molar-refractivity contribution in [1.82, 2.24) is 0 Å². The van der Waals surface area contributed by atoms with Crippen molar-refractivity contribution in [2.75, 3.05) is 0 Å². The predicted octanol–water partition coefficient (Wildman–Crippen LogP) is 8.47. The molecule has 1 aliphatic rings. The van der Waals surface area contributed by atoms with Crippen LogP contribution in [0.25, 0.3) is 11.1 Å². The Morgan fingerprint density at radius 2 is 1.38 bits per heavy atom. The molecule has 1 fully saturated rings. The minimum Gasteiger partial charge on any atom is -0.429 e. The van der Waals surface area contributed by atoms with Gasteiger partial charge in [-0.15, -0.1) is 0 Å². The highest BCUT2D eigenvalue weighted by molar-refractivity contribution is 5.64. The number of alkyl halides is 2. The molecule has 0 bridgehead atoms. The molecule has 0 amide bonds. The van der Waals surface area contributed by atoms with Crippen LogP contribution < -0.4 is 4.74 Å². The van der Waals surface area contributed by atoms with E-state index in [1.54, 1.807) is 12.1 Å². The van der Waals surface area contributed by atoms with E-state index in [2.05, 4.69) is 11.7 Å². The van der Waals surface area contributed by atoms with Crippen molar-refractivity contribution in [2.45, 2.75) is 44.6 Å². The van der Waals surface area contributed by atoms with Crippen LogP contribution in [-0.2, 0) is 6.11 Å². The van der Waals surface area contributed by atoms with Gasteiger partial charge in [0.05, 0.1) is 0 Å². The van der Waals surface area contributed by atoms with Crippen molar-refractivity contribution in [3.63, 3.8) is 0 Å². The topological polar surface area (TPSA) is 9.23 Å². The first-order valence-electron chi connectivity index (χ1n) is 10.9. The molecule has 0 aromatic heterocycles. The number of rotatable bonds is 6. The third-order valence-corrected chi connectivity index (χ3v) is 6.37. The second kappa shape index (κ2) is 9.31. The Bertz CT molecular complexity index is 1140. The van der Waals surface area contributed by atoms with Gasteiger partial charge in [0, 0.05) is 12.1 Å². The summed E-state index contributed by atoms with van der Waals surface area (Å²) in [5.41, 5.74) is -0.131. The third kappa shape index (κ3) is 4.76. The van der Waals surface area contributed by atoms with Crippen LogP contribution in [0.5, 0.6) is 5.75 Å². The molecule has 0 spiro atoms. The quantitative estimate of drug-likeness (QED) is 0.253. The minimum atomic E-state index is -4.62. The first kappa shape index (κ1) is 24.1. The molecule has 0 heterocycles. The molecule has 1 saturated carbocycles. The van der Waals surface area contributed by atoms with Gasteiger partial charge < -0.3 is 4.74 Å². The fourth-order valence-electron chi connectivity index (χ4n) is 4.50. The zero-order chi connectivity index (χ0) is 24.6. The Balaban J connectivity index is 1.58. The molecule has 3 aromatic carbocycles. The summed E-state index contributed by atoms with van der Waals surface area (Å²) in [5, 5.41) is 0. The Hall–Kier alpha value is -3.03. The van der Waals surface area contributed by atoms with Crippen LogP contribution in [0.3, 0.4) is 0 Å². The summed E-state index contributed by atoms with van der Waals surface area (Å²) in [6.07, 6.45) is -0.170. The molecule has 1 nitrogen and oxygen atoms in total. The van der Waals surface area contributed by atoms with Crippen molar-refractivity contribution >= 4 is 0 Å². The maximum atomic E-state index is 14.6. The lowest BCUT2D eigenvalue weighted by Crippen LogP contribution is -2.25. The van der Waals surface area contributed by atoms with Crippen molar-refractivity contribution in [3.05, 3.63) is 88.7 Å². The van der Waals surface area contributed by atoms with Gasteiger partial charge in [0.25, 0.3) is 0 Å². The van der Waals surface area contributed by atoms with E-state index >= 15 is 0 Å². The Morgan fingerprint density at radius 1 is 0.794 bits per heavy atom. The Labute approximate surface area is 192 Å². The molecule has 2 unspecified atom stereocenters. The molecular weight excluding hydrogens is 461 g/mol. The van der Waals surface area contributed by atoms with Crippen molar-refractivity contribution < 1.29 is 35.5 Å². The summed E-state index contributed by atoms with van der Waals surface area (Å²) < 4.78 is 102.